The van der Waals surface area contributed by atoms with Crippen molar-refractivity contribution in [3.05, 3.63) is 17.9 Å². The first-order valence-corrected chi connectivity index (χ1v) is 6.96. The number of nitrogen functional groups attached to an aromatic ring is 1. The van der Waals surface area contributed by atoms with E-state index in [1.54, 1.807) is 6.07 Å². The van der Waals surface area contributed by atoms with Crippen LogP contribution in [0.4, 0.5) is 15.8 Å². The second-order valence-electron chi connectivity index (χ2n) is 5.22. The molecule has 0 aliphatic heterocycles. The number of nitrogens with one attached hydrogen (secondary N) is 1. The van der Waals surface area contributed by atoms with Gasteiger partial charge >= 0.3 is 0 Å². The maximum atomic E-state index is 13.7. The van der Waals surface area contributed by atoms with Crippen molar-refractivity contribution in [2.45, 2.75) is 59.1 Å². The van der Waals surface area contributed by atoms with Crippen LogP contribution in [0.3, 0.4) is 0 Å². The second kappa shape index (κ2) is 7.22. The quantitative estimate of drug-likeness (QED) is 0.729. The Balaban J connectivity index is 2.82. The number of anilines is 2. The van der Waals surface area contributed by atoms with E-state index in [9.17, 15) is 4.39 Å². The van der Waals surface area contributed by atoms with Crippen molar-refractivity contribution >= 4 is 11.4 Å². The zero-order valence-corrected chi connectivity index (χ0v) is 12.3. The van der Waals surface area contributed by atoms with Crippen LogP contribution in [-0.4, -0.2) is 12.1 Å². The van der Waals surface area contributed by atoms with Gasteiger partial charge in [0.05, 0.1) is 17.5 Å². The lowest BCUT2D eigenvalue weighted by molar-refractivity contribution is 0.231. The predicted octanol–water partition coefficient (Wildman–Crippen LogP) is 4.19. The van der Waals surface area contributed by atoms with Gasteiger partial charge < -0.3 is 15.8 Å². The van der Waals surface area contributed by atoms with Crippen molar-refractivity contribution in [1.29, 1.82) is 0 Å². The lowest BCUT2D eigenvalue weighted by Crippen LogP contribution is -2.16. The highest BCUT2D eigenvalue weighted by Crippen LogP contribution is 2.29. The van der Waals surface area contributed by atoms with E-state index in [0.717, 1.165) is 24.9 Å². The Morgan fingerprint density at radius 2 is 2.00 bits per heavy atom. The summed E-state index contributed by atoms with van der Waals surface area (Å²) in [4.78, 5) is 0. The molecular weight excluding hydrogens is 243 g/mol. The average molecular weight is 268 g/mol. The Bertz CT molecular complexity index is 407. The molecular formula is C15H25FN2O. The normalized spacial score (nSPS) is 12.5. The van der Waals surface area contributed by atoms with Crippen LogP contribution in [0.2, 0.25) is 0 Å². The number of rotatable bonds is 7. The molecule has 1 aromatic rings. The summed E-state index contributed by atoms with van der Waals surface area (Å²) in [5.74, 6) is -0.174. The van der Waals surface area contributed by atoms with Gasteiger partial charge in [0.25, 0.3) is 0 Å². The molecule has 0 aromatic heterocycles. The molecule has 0 spiro atoms. The summed E-state index contributed by atoms with van der Waals surface area (Å²) in [6.07, 6.45) is 3.31. The lowest BCUT2D eigenvalue weighted by Gasteiger charge is -2.18. The van der Waals surface area contributed by atoms with E-state index in [4.69, 9.17) is 10.5 Å². The van der Waals surface area contributed by atoms with E-state index in [1.807, 2.05) is 13.8 Å². The van der Waals surface area contributed by atoms with Crippen LogP contribution in [0.5, 0.6) is 5.75 Å². The van der Waals surface area contributed by atoms with Crippen LogP contribution < -0.4 is 15.8 Å². The van der Waals surface area contributed by atoms with Crippen LogP contribution in [0.1, 0.15) is 47.0 Å². The number of nitrogens with two attached hydrogens (primary N) is 1. The number of hydrogen-bond donors (Lipinski definition) is 2. The van der Waals surface area contributed by atoms with E-state index in [0.29, 0.717) is 11.7 Å². The molecule has 0 heterocycles. The van der Waals surface area contributed by atoms with Crippen LogP contribution in [0.15, 0.2) is 12.1 Å². The van der Waals surface area contributed by atoms with Crippen LogP contribution >= 0.6 is 0 Å². The van der Waals surface area contributed by atoms with Gasteiger partial charge in [-0.25, -0.2) is 4.39 Å². The van der Waals surface area contributed by atoms with Crippen molar-refractivity contribution < 1.29 is 9.13 Å². The number of unbranched alkanes of at least 4 members (excludes halogenated alkanes) is 1. The Kier molecular flexibility index (Phi) is 5.93. The van der Waals surface area contributed by atoms with Gasteiger partial charge in [0.2, 0.25) is 0 Å². The molecule has 19 heavy (non-hydrogen) atoms. The molecule has 4 heteroatoms. The molecule has 0 fully saturated rings. The van der Waals surface area contributed by atoms with E-state index in [-0.39, 0.29) is 11.9 Å². The maximum Gasteiger partial charge on any atom is 0.167 e. The molecule has 0 aliphatic carbocycles. The van der Waals surface area contributed by atoms with Crippen molar-refractivity contribution in [3.63, 3.8) is 0 Å². The predicted molar refractivity (Wildman–Crippen MR) is 79.2 cm³/mol. The summed E-state index contributed by atoms with van der Waals surface area (Å²) >= 11 is 0. The number of ether oxygens (including phenoxy) is 1. The van der Waals surface area contributed by atoms with Gasteiger partial charge in [-0.1, -0.05) is 19.8 Å². The maximum absolute atomic E-state index is 13.7. The second-order valence-corrected chi connectivity index (χ2v) is 5.22. The van der Waals surface area contributed by atoms with Gasteiger partial charge in [0.15, 0.2) is 11.6 Å². The minimum atomic E-state index is -0.419. The van der Waals surface area contributed by atoms with Gasteiger partial charge in [0.1, 0.15) is 0 Å². The molecule has 3 nitrogen and oxygen atoms in total. The number of hydrogen-bond acceptors (Lipinski definition) is 3. The van der Waals surface area contributed by atoms with Crippen molar-refractivity contribution in [2.24, 2.45) is 0 Å². The Labute approximate surface area is 115 Å². The largest absolute Gasteiger partial charge is 0.488 e. The monoisotopic (exact) mass is 268 g/mol. The van der Waals surface area contributed by atoms with E-state index >= 15 is 0 Å². The third-order valence-corrected chi connectivity index (χ3v) is 2.86. The minimum Gasteiger partial charge on any atom is -0.488 e. The summed E-state index contributed by atoms with van der Waals surface area (Å²) in [5.41, 5.74) is 6.99. The highest BCUT2D eigenvalue weighted by molar-refractivity contribution is 5.68. The summed E-state index contributed by atoms with van der Waals surface area (Å²) < 4.78 is 19.1. The molecule has 0 amide bonds. The van der Waals surface area contributed by atoms with E-state index in [1.165, 1.54) is 6.07 Å². The van der Waals surface area contributed by atoms with Crippen LogP contribution in [-0.2, 0) is 0 Å². The van der Waals surface area contributed by atoms with E-state index < -0.39 is 5.82 Å². The molecule has 1 unspecified atom stereocenters. The van der Waals surface area contributed by atoms with Gasteiger partial charge in [-0.15, -0.1) is 0 Å². The lowest BCUT2D eigenvalue weighted by atomic mass is 10.1. The fourth-order valence-electron chi connectivity index (χ4n) is 1.89. The molecule has 0 saturated carbocycles. The van der Waals surface area contributed by atoms with Gasteiger partial charge in [-0.3, -0.25) is 0 Å². The van der Waals surface area contributed by atoms with Gasteiger partial charge in [0, 0.05) is 18.2 Å². The Morgan fingerprint density at radius 3 is 2.58 bits per heavy atom. The summed E-state index contributed by atoms with van der Waals surface area (Å²) in [7, 11) is 0. The van der Waals surface area contributed by atoms with Crippen molar-refractivity contribution in [2.75, 3.05) is 11.1 Å². The van der Waals surface area contributed by atoms with Gasteiger partial charge in [-0.05, 0) is 27.2 Å². The number of halogens is 1. The van der Waals surface area contributed by atoms with Crippen molar-refractivity contribution in [1.82, 2.24) is 0 Å². The standard InChI is InChI=1S/C15H25FN2O/c1-5-6-7-11(4)18-14-9-15(19-10(2)3)12(16)8-13(14)17/h8-11,18H,5-7,17H2,1-4H3. The zero-order valence-electron chi connectivity index (χ0n) is 12.3. The molecule has 1 atom stereocenters. The molecule has 0 radical (unpaired) electrons. The zero-order chi connectivity index (χ0) is 14.4. The SMILES string of the molecule is CCCCC(C)Nc1cc(OC(C)C)c(F)cc1N. The molecule has 3 N–H and O–H groups in total. The highest BCUT2D eigenvalue weighted by Gasteiger charge is 2.12. The first-order valence-electron chi connectivity index (χ1n) is 6.96. The first-order chi connectivity index (χ1) is 8.93. The third-order valence-electron chi connectivity index (χ3n) is 2.86. The molecule has 0 saturated heterocycles. The number of benzene rings is 1. The summed E-state index contributed by atoms with van der Waals surface area (Å²) in [5, 5.41) is 3.31. The minimum absolute atomic E-state index is 0.0662. The smallest absolute Gasteiger partial charge is 0.167 e. The molecule has 0 bridgehead atoms. The molecule has 1 aromatic carbocycles. The van der Waals surface area contributed by atoms with Crippen LogP contribution in [0.25, 0.3) is 0 Å². The Morgan fingerprint density at radius 1 is 1.32 bits per heavy atom. The third kappa shape index (κ3) is 4.97. The first kappa shape index (κ1) is 15.6. The highest BCUT2D eigenvalue weighted by atomic mass is 19.1. The fourth-order valence-corrected chi connectivity index (χ4v) is 1.89. The molecule has 1 rings (SSSR count). The summed E-state index contributed by atoms with van der Waals surface area (Å²) in [6.45, 7) is 7.99. The fraction of sp³-hybridized carbons (Fsp3) is 0.600. The topological polar surface area (TPSA) is 47.3 Å². The van der Waals surface area contributed by atoms with E-state index in [2.05, 4.69) is 19.2 Å². The Hall–Kier alpha value is -1.45. The average Bonchev–Trinajstić information content (AvgIpc) is 2.32. The summed E-state index contributed by atoms with van der Waals surface area (Å²) in [6, 6.07) is 3.26. The van der Waals surface area contributed by atoms with Gasteiger partial charge in [-0.2, -0.15) is 0 Å². The molecule has 108 valence electrons. The van der Waals surface area contributed by atoms with Crippen LogP contribution in [0, 0.1) is 5.82 Å². The molecule has 0 aliphatic rings. The van der Waals surface area contributed by atoms with Crippen molar-refractivity contribution in [3.8, 4) is 5.75 Å².